The van der Waals surface area contributed by atoms with Gasteiger partial charge in [-0.1, -0.05) is 6.08 Å². The summed E-state index contributed by atoms with van der Waals surface area (Å²) in [7, 11) is 1.71. The first-order valence-electron chi connectivity index (χ1n) is 3.76. The average molecular weight is 244 g/mol. The summed E-state index contributed by atoms with van der Waals surface area (Å²) < 4.78 is 5.42. The van der Waals surface area contributed by atoms with Gasteiger partial charge in [0, 0.05) is 13.6 Å². The van der Waals surface area contributed by atoms with Crippen molar-refractivity contribution in [2.45, 2.75) is 0 Å². The Kier molecular flexibility index (Phi) is 3.31. The van der Waals surface area contributed by atoms with E-state index in [0.717, 1.165) is 0 Å². The van der Waals surface area contributed by atoms with Crippen LogP contribution >= 0.6 is 15.9 Å². The van der Waals surface area contributed by atoms with E-state index in [-0.39, 0.29) is 5.91 Å². The number of halogens is 1. The number of likely N-dealkylation sites (N-methyl/N-ethyl adjacent to an activating group) is 1. The minimum atomic E-state index is -0.0828. The Morgan fingerprint density at radius 1 is 1.85 bits per heavy atom. The molecule has 1 aromatic heterocycles. The van der Waals surface area contributed by atoms with E-state index in [1.165, 1.54) is 6.26 Å². The van der Waals surface area contributed by atoms with Crippen LogP contribution in [0.25, 0.3) is 0 Å². The van der Waals surface area contributed by atoms with Crippen LogP contribution in [0, 0.1) is 0 Å². The molecule has 0 bridgehead atoms. The lowest BCUT2D eigenvalue weighted by Crippen LogP contribution is -2.26. The molecule has 13 heavy (non-hydrogen) atoms. The van der Waals surface area contributed by atoms with E-state index in [4.69, 9.17) is 4.42 Å². The number of carbonyl (C=O) groups excluding carboxylic acids is 1. The van der Waals surface area contributed by atoms with E-state index >= 15 is 0 Å². The van der Waals surface area contributed by atoms with Gasteiger partial charge in [0.25, 0.3) is 5.91 Å². The van der Waals surface area contributed by atoms with Gasteiger partial charge in [0.1, 0.15) is 0 Å². The van der Waals surface area contributed by atoms with Crippen molar-refractivity contribution in [1.82, 2.24) is 4.90 Å². The van der Waals surface area contributed by atoms with Crippen molar-refractivity contribution in [3.8, 4) is 0 Å². The predicted molar refractivity (Wildman–Crippen MR) is 53.6 cm³/mol. The Morgan fingerprint density at radius 2 is 2.54 bits per heavy atom. The third kappa shape index (κ3) is 2.21. The van der Waals surface area contributed by atoms with Crippen molar-refractivity contribution in [2.75, 3.05) is 13.6 Å². The number of amides is 1. The summed E-state index contributed by atoms with van der Waals surface area (Å²) >= 11 is 3.15. The van der Waals surface area contributed by atoms with Crippen molar-refractivity contribution in [3.05, 3.63) is 35.2 Å². The van der Waals surface area contributed by atoms with Gasteiger partial charge in [-0.05, 0) is 22.0 Å². The minimum absolute atomic E-state index is 0.0828. The van der Waals surface area contributed by atoms with Crippen molar-refractivity contribution in [3.63, 3.8) is 0 Å². The third-order valence-corrected chi connectivity index (χ3v) is 2.21. The largest absolute Gasteiger partial charge is 0.457 e. The SMILES string of the molecule is C=CCN(C)C(=O)c1ccoc1Br. The summed E-state index contributed by atoms with van der Waals surface area (Å²) in [6.45, 7) is 4.08. The van der Waals surface area contributed by atoms with Crippen LogP contribution < -0.4 is 0 Å². The molecule has 1 amide bonds. The quantitative estimate of drug-likeness (QED) is 0.764. The molecule has 1 heterocycles. The van der Waals surface area contributed by atoms with Crippen LogP contribution in [0.1, 0.15) is 10.4 Å². The van der Waals surface area contributed by atoms with Gasteiger partial charge in [-0.2, -0.15) is 0 Å². The van der Waals surface area contributed by atoms with Crippen molar-refractivity contribution in [1.29, 1.82) is 0 Å². The molecule has 4 heteroatoms. The van der Waals surface area contributed by atoms with E-state index in [0.29, 0.717) is 16.8 Å². The van der Waals surface area contributed by atoms with Crippen LogP contribution in [0.3, 0.4) is 0 Å². The second-order valence-corrected chi connectivity index (χ2v) is 3.30. The van der Waals surface area contributed by atoms with E-state index in [1.54, 1.807) is 24.1 Å². The Bertz CT molecular complexity index is 319. The first kappa shape index (κ1) is 10.1. The lowest BCUT2D eigenvalue weighted by atomic mass is 10.3. The van der Waals surface area contributed by atoms with Gasteiger partial charge >= 0.3 is 0 Å². The standard InChI is InChI=1S/C9H10BrNO2/c1-3-5-11(2)9(12)7-4-6-13-8(7)10/h3-4,6H,1,5H2,2H3. The van der Waals surface area contributed by atoms with Gasteiger partial charge in [0.15, 0.2) is 4.67 Å². The van der Waals surface area contributed by atoms with Gasteiger partial charge < -0.3 is 9.32 Å². The van der Waals surface area contributed by atoms with Gasteiger partial charge in [-0.15, -0.1) is 6.58 Å². The fourth-order valence-electron chi connectivity index (χ4n) is 0.928. The zero-order valence-electron chi connectivity index (χ0n) is 7.29. The molecule has 0 unspecified atom stereocenters. The van der Waals surface area contributed by atoms with Crippen molar-refractivity contribution < 1.29 is 9.21 Å². The molecule has 0 aliphatic rings. The number of nitrogens with zero attached hydrogens (tertiary/aromatic N) is 1. The molecule has 0 fully saturated rings. The molecule has 0 radical (unpaired) electrons. The second kappa shape index (κ2) is 4.28. The smallest absolute Gasteiger partial charge is 0.258 e. The summed E-state index contributed by atoms with van der Waals surface area (Å²) in [5.74, 6) is -0.0828. The molecule has 0 saturated heterocycles. The van der Waals surface area contributed by atoms with Crippen molar-refractivity contribution >= 4 is 21.8 Å². The molecule has 0 aromatic carbocycles. The highest BCUT2D eigenvalue weighted by atomic mass is 79.9. The molecular weight excluding hydrogens is 234 g/mol. The zero-order chi connectivity index (χ0) is 9.84. The maximum absolute atomic E-state index is 11.6. The molecule has 1 aromatic rings. The van der Waals surface area contributed by atoms with E-state index in [1.807, 2.05) is 0 Å². The highest BCUT2D eigenvalue weighted by Gasteiger charge is 2.15. The Hall–Kier alpha value is -1.03. The monoisotopic (exact) mass is 243 g/mol. The normalized spacial score (nSPS) is 9.69. The maximum Gasteiger partial charge on any atom is 0.258 e. The molecule has 0 saturated carbocycles. The van der Waals surface area contributed by atoms with Crippen LogP contribution in [-0.2, 0) is 0 Å². The average Bonchev–Trinajstić information content (AvgIpc) is 2.50. The summed E-state index contributed by atoms with van der Waals surface area (Å²) in [4.78, 5) is 13.2. The van der Waals surface area contributed by atoms with Gasteiger partial charge in [-0.3, -0.25) is 4.79 Å². The molecule has 70 valence electrons. The first-order valence-corrected chi connectivity index (χ1v) is 4.55. The number of rotatable bonds is 3. The molecule has 0 aliphatic heterocycles. The summed E-state index contributed by atoms with van der Waals surface area (Å²) in [6, 6.07) is 1.63. The van der Waals surface area contributed by atoms with Gasteiger partial charge in [0.05, 0.1) is 11.8 Å². The molecule has 0 N–H and O–H groups in total. The molecule has 0 aliphatic carbocycles. The molecule has 0 spiro atoms. The van der Waals surface area contributed by atoms with E-state index in [9.17, 15) is 4.79 Å². The summed E-state index contributed by atoms with van der Waals surface area (Å²) in [5.41, 5.74) is 0.532. The minimum Gasteiger partial charge on any atom is -0.457 e. The number of hydrogen-bond donors (Lipinski definition) is 0. The number of hydrogen-bond acceptors (Lipinski definition) is 2. The predicted octanol–water partition coefficient (Wildman–Crippen LogP) is 2.30. The van der Waals surface area contributed by atoms with Gasteiger partial charge in [-0.25, -0.2) is 0 Å². The lowest BCUT2D eigenvalue weighted by molar-refractivity contribution is 0.0808. The fraction of sp³-hybridized carbons (Fsp3) is 0.222. The Balaban J connectivity index is 2.79. The van der Waals surface area contributed by atoms with E-state index < -0.39 is 0 Å². The zero-order valence-corrected chi connectivity index (χ0v) is 8.87. The highest BCUT2D eigenvalue weighted by Crippen LogP contribution is 2.18. The van der Waals surface area contributed by atoms with Crippen LogP contribution in [0.5, 0.6) is 0 Å². The third-order valence-electron chi connectivity index (χ3n) is 1.60. The van der Waals surface area contributed by atoms with E-state index in [2.05, 4.69) is 22.5 Å². The first-order chi connectivity index (χ1) is 6.16. The second-order valence-electron chi connectivity index (χ2n) is 2.58. The lowest BCUT2D eigenvalue weighted by Gasteiger charge is -2.13. The highest BCUT2D eigenvalue weighted by molar-refractivity contribution is 9.10. The molecule has 0 atom stereocenters. The molecule has 1 rings (SSSR count). The molecule has 3 nitrogen and oxygen atoms in total. The van der Waals surface area contributed by atoms with Crippen LogP contribution in [0.2, 0.25) is 0 Å². The van der Waals surface area contributed by atoms with Crippen molar-refractivity contribution in [2.24, 2.45) is 0 Å². The Morgan fingerprint density at radius 3 is 3.00 bits per heavy atom. The summed E-state index contributed by atoms with van der Waals surface area (Å²) in [6.07, 6.45) is 3.14. The number of furan rings is 1. The fourth-order valence-corrected chi connectivity index (χ4v) is 1.34. The topological polar surface area (TPSA) is 33.5 Å². The summed E-state index contributed by atoms with van der Waals surface area (Å²) in [5, 5.41) is 0. The molecular formula is C9H10BrNO2. The number of carbonyl (C=O) groups is 1. The van der Waals surface area contributed by atoms with Crippen LogP contribution in [0.4, 0.5) is 0 Å². The van der Waals surface area contributed by atoms with Gasteiger partial charge in [0.2, 0.25) is 0 Å². The van der Waals surface area contributed by atoms with Crippen LogP contribution in [0.15, 0.2) is 34.1 Å². The Labute approximate surface area is 85.1 Å². The van der Waals surface area contributed by atoms with Crippen LogP contribution in [-0.4, -0.2) is 24.4 Å². The maximum atomic E-state index is 11.6.